The van der Waals surface area contributed by atoms with Gasteiger partial charge in [0.05, 0.1) is 11.5 Å². The Morgan fingerprint density at radius 2 is 2.41 bits per heavy atom. The van der Waals surface area contributed by atoms with Crippen LogP contribution in [0.1, 0.15) is 30.7 Å². The first-order valence-electron chi connectivity index (χ1n) is 6.08. The topological polar surface area (TPSA) is 46.2 Å². The summed E-state index contributed by atoms with van der Waals surface area (Å²) >= 11 is 1.74. The molecular formula is C12H19NO2S2. The molecule has 96 valence electrons. The van der Waals surface area contributed by atoms with E-state index >= 15 is 0 Å². The Morgan fingerprint density at radius 3 is 2.94 bits per heavy atom. The lowest BCUT2D eigenvalue weighted by Gasteiger charge is -2.19. The zero-order chi connectivity index (χ0) is 12.3. The van der Waals surface area contributed by atoms with E-state index in [4.69, 9.17) is 0 Å². The standard InChI is InChI=1S/C12H19NO2S2/c1-2-13-11(12-4-3-6-16-12)8-10-5-7-17(14,15)9-10/h3-4,6,10-11,13H,2,5,7-9H2,1H3. The van der Waals surface area contributed by atoms with Crippen LogP contribution in [0.4, 0.5) is 0 Å². The number of sulfone groups is 1. The average Bonchev–Trinajstić information content (AvgIpc) is 2.87. The molecule has 1 fully saturated rings. The SMILES string of the molecule is CCNC(CC1CCS(=O)(=O)C1)c1cccs1. The molecule has 3 nitrogen and oxygen atoms in total. The van der Waals surface area contributed by atoms with Gasteiger partial charge in [0.1, 0.15) is 0 Å². The lowest BCUT2D eigenvalue weighted by atomic mass is 9.98. The molecule has 0 saturated carbocycles. The first-order chi connectivity index (χ1) is 8.11. The number of thiophene rings is 1. The van der Waals surface area contributed by atoms with Gasteiger partial charge in [-0.1, -0.05) is 13.0 Å². The molecule has 1 N–H and O–H groups in total. The van der Waals surface area contributed by atoms with Crippen molar-refractivity contribution >= 4 is 21.2 Å². The predicted molar refractivity (Wildman–Crippen MR) is 72.1 cm³/mol. The second-order valence-corrected chi connectivity index (χ2v) is 7.84. The molecule has 17 heavy (non-hydrogen) atoms. The summed E-state index contributed by atoms with van der Waals surface area (Å²) in [5.41, 5.74) is 0. The zero-order valence-corrected chi connectivity index (χ0v) is 11.7. The zero-order valence-electron chi connectivity index (χ0n) is 10.1. The summed E-state index contributed by atoms with van der Waals surface area (Å²) in [7, 11) is -2.75. The van der Waals surface area contributed by atoms with Crippen molar-refractivity contribution in [1.29, 1.82) is 0 Å². The third-order valence-electron chi connectivity index (χ3n) is 3.23. The Hall–Kier alpha value is -0.390. The van der Waals surface area contributed by atoms with Crippen molar-refractivity contribution in [1.82, 2.24) is 5.32 Å². The second-order valence-electron chi connectivity index (χ2n) is 4.63. The second kappa shape index (κ2) is 5.50. The quantitative estimate of drug-likeness (QED) is 0.895. The third-order valence-corrected chi connectivity index (χ3v) is 6.06. The number of rotatable bonds is 5. The summed E-state index contributed by atoms with van der Waals surface area (Å²) in [6.45, 7) is 3.01. The lowest BCUT2D eigenvalue weighted by Crippen LogP contribution is -2.23. The number of hydrogen-bond donors (Lipinski definition) is 1. The van der Waals surface area contributed by atoms with E-state index in [1.807, 2.05) is 0 Å². The van der Waals surface area contributed by atoms with Gasteiger partial charge < -0.3 is 5.32 Å². The minimum absolute atomic E-state index is 0.318. The summed E-state index contributed by atoms with van der Waals surface area (Å²) in [5, 5.41) is 5.53. The molecule has 2 heterocycles. The van der Waals surface area contributed by atoms with Crippen molar-refractivity contribution < 1.29 is 8.42 Å². The van der Waals surface area contributed by atoms with Crippen LogP contribution >= 0.6 is 11.3 Å². The molecule has 0 spiro atoms. The lowest BCUT2D eigenvalue weighted by molar-refractivity contribution is 0.426. The Labute approximate surface area is 107 Å². The summed E-state index contributed by atoms with van der Waals surface area (Å²) in [5.74, 6) is 1.08. The molecule has 0 amide bonds. The molecule has 0 radical (unpaired) electrons. The average molecular weight is 273 g/mol. The van der Waals surface area contributed by atoms with Gasteiger partial charge in [0.25, 0.3) is 0 Å². The first kappa shape index (κ1) is 13.1. The highest BCUT2D eigenvalue weighted by molar-refractivity contribution is 7.91. The van der Waals surface area contributed by atoms with E-state index in [9.17, 15) is 8.42 Å². The van der Waals surface area contributed by atoms with Crippen molar-refractivity contribution in [3.05, 3.63) is 22.4 Å². The van der Waals surface area contributed by atoms with E-state index in [1.165, 1.54) is 4.88 Å². The smallest absolute Gasteiger partial charge is 0.150 e. The third kappa shape index (κ3) is 3.53. The summed E-state index contributed by atoms with van der Waals surface area (Å²) in [6.07, 6.45) is 1.77. The van der Waals surface area contributed by atoms with E-state index in [2.05, 4.69) is 29.8 Å². The molecule has 2 atom stereocenters. The molecule has 0 aromatic carbocycles. The van der Waals surface area contributed by atoms with Gasteiger partial charge in [0.15, 0.2) is 9.84 Å². The van der Waals surface area contributed by atoms with E-state index in [1.54, 1.807) is 11.3 Å². The fraction of sp³-hybridized carbons (Fsp3) is 0.667. The van der Waals surface area contributed by atoms with Crippen molar-refractivity contribution in [2.75, 3.05) is 18.1 Å². The Bertz CT molecular complexity index is 439. The van der Waals surface area contributed by atoms with Crippen LogP contribution < -0.4 is 5.32 Å². The van der Waals surface area contributed by atoms with Gasteiger partial charge in [0, 0.05) is 10.9 Å². The first-order valence-corrected chi connectivity index (χ1v) is 8.78. The number of nitrogens with one attached hydrogen (secondary N) is 1. The molecule has 1 aromatic rings. The maximum Gasteiger partial charge on any atom is 0.150 e. The molecule has 1 aliphatic heterocycles. The molecular weight excluding hydrogens is 254 g/mol. The maximum atomic E-state index is 11.4. The maximum absolute atomic E-state index is 11.4. The van der Waals surface area contributed by atoms with E-state index in [-0.39, 0.29) is 0 Å². The molecule has 1 aromatic heterocycles. The van der Waals surface area contributed by atoms with Crippen LogP contribution in [0.15, 0.2) is 17.5 Å². The summed E-state index contributed by atoms with van der Waals surface area (Å²) < 4.78 is 22.9. The van der Waals surface area contributed by atoms with Gasteiger partial charge in [-0.15, -0.1) is 11.3 Å². The highest BCUT2D eigenvalue weighted by Crippen LogP contribution is 2.30. The van der Waals surface area contributed by atoms with Crippen LogP contribution in [-0.4, -0.2) is 26.5 Å². The molecule has 1 saturated heterocycles. The van der Waals surface area contributed by atoms with Crippen LogP contribution in [0.25, 0.3) is 0 Å². The van der Waals surface area contributed by atoms with Gasteiger partial charge in [-0.05, 0) is 36.8 Å². The Balaban J connectivity index is 1.99. The minimum atomic E-state index is -2.75. The van der Waals surface area contributed by atoms with Crippen molar-refractivity contribution in [2.24, 2.45) is 5.92 Å². The van der Waals surface area contributed by atoms with Crippen molar-refractivity contribution in [3.8, 4) is 0 Å². The summed E-state index contributed by atoms with van der Waals surface area (Å²) in [4.78, 5) is 1.32. The van der Waals surface area contributed by atoms with Gasteiger partial charge in [-0.25, -0.2) is 8.42 Å². The van der Waals surface area contributed by atoms with Crippen molar-refractivity contribution in [3.63, 3.8) is 0 Å². The molecule has 1 aliphatic rings. The van der Waals surface area contributed by atoms with Gasteiger partial charge >= 0.3 is 0 Å². The highest BCUT2D eigenvalue weighted by atomic mass is 32.2. The molecule has 0 aliphatic carbocycles. The number of hydrogen-bond acceptors (Lipinski definition) is 4. The Kier molecular flexibility index (Phi) is 4.22. The van der Waals surface area contributed by atoms with Gasteiger partial charge in [-0.3, -0.25) is 0 Å². The predicted octanol–water partition coefficient (Wildman–Crippen LogP) is 2.22. The van der Waals surface area contributed by atoms with Crippen molar-refractivity contribution in [2.45, 2.75) is 25.8 Å². The molecule has 0 bridgehead atoms. The molecule has 5 heteroatoms. The van der Waals surface area contributed by atoms with Crippen LogP contribution in [0, 0.1) is 5.92 Å². The summed E-state index contributed by atoms with van der Waals surface area (Å²) in [6, 6.07) is 4.50. The van der Waals surface area contributed by atoms with Gasteiger partial charge in [0.2, 0.25) is 0 Å². The minimum Gasteiger partial charge on any atom is -0.310 e. The van der Waals surface area contributed by atoms with E-state index < -0.39 is 9.84 Å². The van der Waals surface area contributed by atoms with Crippen LogP contribution in [0.3, 0.4) is 0 Å². The van der Waals surface area contributed by atoms with Gasteiger partial charge in [-0.2, -0.15) is 0 Å². The van der Waals surface area contributed by atoms with E-state index in [0.29, 0.717) is 23.5 Å². The fourth-order valence-corrected chi connectivity index (χ4v) is 5.12. The van der Waals surface area contributed by atoms with E-state index in [0.717, 1.165) is 19.4 Å². The monoisotopic (exact) mass is 273 g/mol. The molecule has 2 rings (SSSR count). The van der Waals surface area contributed by atoms with Crippen LogP contribution in [0.2, 0.25) is 0 Å². The Morgan fingerprint density at radius 1 is 1.59 bits per heavy atom. The normalized spacial score (nSPS) is 24.9. The molecule has 2 unspecified atom stereocenters. The fourth-order valence-electron chi connectivity index (χ4n) is 2.43. The highest BCUT2D eigenvalue weighted by Gasteiger charge is 2.30. The van der Waals surface area contributed by atoms with Crippen LogP contribution in [-0.2, 0) is 9.84 Å². The van der Waals surface area contributed by atoms with Crippen LogP contribution in [0.5, 0.6) is 0 Å². The largest absolute Gasteiger partial charge is 0.310 e.